The molecule has 1 saturated carbocycles. The number of hydrogen-bond donors (Lipinski definition) is 3. The molecule has 39 heavy (non-hydrogen) atoms. The van der Waals surface area contributed by atoms with Gasteiger partial charge in [0.05, 0.1) is 43.2 Å². The largest absolute Gasteiger partial charge is 0.496 e. The first-order valence-corrected chi connectivity index (χ1v) is 13.3. The van der Waals surface area contributed by atoms with E-state index in [0.717, 1.165) is 18.5 Å². The van der Waals surface area contributed by atoms with E-state index >= 15 is 0 Å². The van der Waals surface area contributed by atoms with Gasteiger partial charge in [-0.1, -0.05) is 11.8 Å². The number of ether oxygens (including phenoxy) is 2. The van der Waals surface area contributed by atoms with E-state index in [1.165, 1.54) is 29.8 Å². The molecular formula is C28H34F2N6O2S. The Morgan fingerprint density at radius 1 is 1.21 bits per heavy atom. The molecular weight excluding hydrogens is 522 g/mol. The molecule has 2 unspecified atom stereocenters. The van der Waals surface area contributed by atoms with Crippen molar-refractivity contribution < 1.29 is 18.3 Å². The third-order valence-corrected chi connectivity index (χ3v) is 6.89. The van der Waals surface area contributed by atoms with Gasteiger partial charge < -0.3 is 30.8 Å². The maximum atomic E-state index is 13.9. The van der Waals surface area contributed by atoms with Crippen LogP contribution in [0.2, 0.25) is 0 Å². The zero-order valence-electron chi connectivity index (χ0n) is 22.5. The highest BCUT2D eigenvalue weighted by molar-refractivity contribution is 8.00. The molecule has 0 spiro atoms. The van der Waals surface area contributed by atoms with Gasteiger partial charge in [-0.2, -0.15) is 0 Å². The maximum absolute atomic E-state index is 13.9. The number of nitrogens with two attached hydrogens (primary N) is 1. The van der Waals surface area contributed by atoms with E-state index in [-0.39, 0.29) is 5.37 Å². The molecule has 208 valence electrons. The van der Waals surface area contributed by atoms with Crippen LogP contribution in [0, 0.1) is 30.1 Å². The zero-order chi connectivity index (χ0) is 28.5. The second-order valence-electron chi connectivity index (χ2n) is 8.88. The fraction of sp³-hybridized carbons (Fsp3) is 0.393. The summed E-state index contributed by atoms with van der Waals surface area (Å²) in [6, 6.07) is 2.56. The van der Waals surface area contributed by atoms with Gasteiger partial charge in [0.25, 0.3) is 6.43 Å². The second kappa shape index (κ2) is 14.0. The number of aryl methyl sites for hydroxylation is 1. The van der Waals surface area contributed by atoms with Crippen LogP contribution in [0.5, 0.6) is 5.75 Å². The van der Waals surface area contributed by atoms with Crippen molar-refractivity contribution in [2.75, 3.05) is 32.5 Å². The lowest BCUT2D eigenvalue weighted by Gasteiger charge is -2.30. The number of thioether (sulfide) groups is 1. The lowest BCUT2D eigenvalue weighted by Crippen LogP contribution is -2.35. The summed E-state index contributed by atoms with van der Waals surface area (Å²) in [6.07, 6.45) is 6.19. The number of nitrogens with one attached hydrogen (secondary N) is 2. The molecule has 0 saturated heterocycles. The highest BCUT2D eigenvalue weighted by Gasteiger charge is 2.29. The lowest BCUT2D eigenvalue weighted by molar-refractivity contribution is 0.0780. The molecule has 0 amide bonds. The van der Waals surface area contributed by atoms with E-state index < -0.39 is 12.5 Å². The minimum Gasteiger partial charge on any atom is -0.496 e. The van der Waals surface area contributed by atoms with Gasteiger partial charge in [0.2, 0.25) is 0 Å². The number of allylic oxidation sites excluding steroid dienone is 1. The van der Waals surface area contributed by atoms with Crippen molar-refractivity contribution in [3.05, 3.63) is 53.8 Å². The number of rotatable bonds is 9. The van der Waals surface area contributed by atoms with E-state index in [4.69, 9.17) is 20.6 Å². The van der Waals surface area contributed by atoms with Crippen LogP contribution in [0.15, 0.2) is 42.6 Å². The van der Waals surface area contributed by atoms with Gasteiger partial charge in [-0.15, -0.1) is 11.8 Å². The van der Waals surface area contributed by atoms with Crippen molar-refractivity contribution in [2.24, 2.45) is 11.7 Å². The summed E-state index contributed by atoms with van der Waals surface area (Å²) in [6.45, 7) is 4.37. The Hall–Kier alpha value is -3.62. The minimum absolute atomic E-state index is 0.327. The molecule has 3 heterocycles. The molecule has 4 rings (SSSR count). The number of anilines is 1. The first-order valence-electron chi connectivity index (χ1n) is 12.3. The van der Waals surface area contributed by atoms with Crippen LogP contribution >= 0.6 is 11.8 Å². The summed E-state index contributed by atoms with van der Waals surface area (Å²) < 4.78 is 38.9. The quantitative estimate of drug-likeness (QED) is 0.226. The van der Waals surface area contributed by atoms with Gasteiger partial charge in [0, 0.05) is 48.3 Å². The Morgan fingerprint density at radius 3 is 2.59 bits per heavy atom. The summed E-state index contributed by atoms with van der Waals surface area (Å²) >= 11 is 1.46. The lowest BCUT2D eigenvalue weighted by atomic mass is 9.96. The number of aromatic nitrogens is 2. The van der Waals surface area contributed by atoms with Crippen LogP contribution in [-0.4, -0.2) is 66.6 Å². The Labute approximate surface area is 232 Å². The standard InChI is InChI=1S/C27H31F2N5O2S.CH3N/c1-16-9-24(35-3)20(12-31-16)21-10-18(19-11-23(27(28)29)34(2)14-25(19)36-4)22(13-32-21)33-15-37-26(30)8-7-17-5-6-17;1-2/h9-14,17,23,26-27,33H,5-6,15,30H2,1-4H3;2H,1H2. The molecule has 1 aliphatic heterocycles. The molecule has 0 aromatic carbocycles. The number of halogens is 2. The van der Waals surface area contributed by atoms with Crippen LogP contribution in [0.25, 0.3) is 16.8 Å². The van der Waals surface area contributed by atoms with Gasteiger partial charge >= 0.3 is 0 Å². The zero-order valence-corrected chi connectivity index (χ0v) is 23.3. The van der Waals surface area contributed by atoms with E-state index in [0.29, 0.717) is 51.4 Å². The number of alkyl halides is 2. The number of nitrogens with zero attached hydrogens (tertiary/aromatic N) is 3. The van der Waals surface area contributed by atoms with E-state index in [9.17, 15) is 8.78 Å². The molecule has 11 heteroatoms. The Balaban J connectivity index is 0.00000205. The SMILES string of the molecule is C=N.COC1=CN(C)C(C(F)F)C=C1c1cc(-c2cnc(C)cc2OC)ncc1NCSC(N)C#CC1CC1. The normalized spacial score (nSPS) is 17.1. The molecule has 0 radical (unpaired) electrons. The third-order valence-electron chi connectivity index (χ3n) is 6.10. The van der Waals surface area contributed by atoms with Crippen molar-refractivity contribution in [3.63, 3.8) is 0 Å². The predicted octanol–water partition coefficient (Wildman–Crippen LogP) is 4.98. The molecule has 1 aliphatic carbocycles. The van der Waals surface area contributed by atoms with Crippen LogP contribution < -0.4 is 15.8 Å². The topological polar surface area (TPSA) is 109 Å². The number of hydrogen-bond acceptors (Lipinski definition) is 9. The first kappa shape index (κ1) is 29.9. The second-order valence-corrected chi connectivity index (χ2v) is 10.0. The Morgan fingerprint density at radius 2 is 1.95 bits per heavy atom. The average Bonchev–Trinajstić information content (AvgIpc) is 3.77. The third kappa shape index (κ3) is 7.71. The summed E-state index contributed by atoms with van der Waals surface area (Å²) in [5, 5.41) is 8.52. The van der Waals surface area contributed by atoms with Crippen molar-refractivity contribution in [1.82, 2.24) is 14.9 Å². The smallest absolute Gasteiger partial charge is 0.262 e. The monoisotopic (exact) mass is 556 g/mol. The molecule has 2 aromatic rings. The fourth-order valence-corrected chi connectivity index (χ4v) is 4.46. The number of likely N-dealkylation sites (N-methyl/N-ethyl adjacent to an activating group) is 1. The predicted molar refractivity (Wildman–Crippen MR) is 154 cm³/mol. The van der Waals surface area contributed by atoms with Gasteiger partial charge in [-0.3, -0.25) is 9.97 Å². The minimum atomic E-state index is -2.58. The Bertz CT molecular complexity index is 1270. The van der Waals surface area contributed by atoms with E-state index in [2.05, 4.69) is 33.8 Å². The van der Waals surface area contributed by atoms with Gasteiger partial charge in [0.15, 0.2) is 0 Å². The number of methoxy groups -OCH3 is 2. The van der Waals surface area contributed by atoms with Gasteiger partial charge in [-0.05, 0) is 38.6 Å². The molecule has 4 N–H and O–H groups in total. The maximum Gasteiger partial charge on any atom is 0.262 e. The molecule has 2 aromatic heterocycles. The molecule has 2 atom stereocenters. The van der Waals surface area contributed by atoms with Crippen LogP contribution in [0.1, 0.15) is 24.1 Å². The highest BCUT2D eigenvalue weighted by atomic mass is 32.2. The van der Waals surface area contributed by atoms with Crippen LogP contribution in [0.3, 0.4) is 0 Å². The van der Waals surface area contributed by atoms with Crippen LogP contribution in [-0.2, 0) is 4.74 Å². The van der Waals surface area contributed by atoms with Crippen molar-refractivity contribution >= 4 is 29.7 Å². The van der Waals surface area contributed by atoms with Crippen LogP contribution in [0.4, 0.5) is 14.5 Å². The molecule has 2 aliphatic rings. The molecule has 8 nitrogen and oxygen atoms in total. The van der Waals surface area contributed by atoms with Gasteiger partial charge in [-0.25, -0.2) is 8.78 Å². The highest BCUT2D eigenvalue weighted by Crippen LogP contribution is 2.38. The summed E-state index contributed by atoms with van der Waals surface area (Å²) in [5.74, 6) is 8.28. The van der Waals surface area contributed by atoms with Gasteiger partial charge in [0.1, 0.15) is 22.9 Å². The average molecular weight is 557 g/mol. The molecule has 0 bridgehead atoms. The first-order chi connectivity index (χ1) is 18.8. The van der Waals surface area contributed by atoms with E-state index in [1.54, 1.807) is 32.8 Å². The van der Waals surface area contributed by atoms with E-state index in [1.807, 2.05) is 19.1 Å². The van der Waals surface area contributed by atoms with Crippen molar-refractivity contribution in [2.45, 2.75) is 37.6 Å². The summed E-state index contributed by atoms with van der Waals surface area (Å²) in [4.78, 5) is 10.5. The fourth-order valence-electron chi connectivity index (χ4n) is 3.89. The van der Waals surface area contributed by atoms with Crippen molar-refractivity contribution in [3.8, 4) is 28.8 Å². The number of pyridine rings is 2. The van der Waals surface area contributed by atoms with Crippen molar-refractivity contribution in [1.29, 1.82) is 5.41 Å². The Kier molecular flexibility index (Phi) is 10.7. The summed E-state index contributed by atoms with van der Waals surface area (Å²) in [5.41, 5.74) is 10.1. The molecule has 1 fully saturated rings. The summed E-state index contributed by atoms with van der Waals surface area (Å²) in [7, 11) is 4.70.